The number of aryl methyl sites for hydroxylation is 2. The van der Waals surface area contributed by atoms with Crippen molar-refractivity contribution in [1.29, 1.82) is 0 Å². The Hall–Kier alpha value is -2.85. The first-order valence-electron chi connectivity index (χ1n) is 8.29. The summed E-state index contributed by atoms with van der Waals surface area (Å²) < 4.78 is 11.0. The number of hydrogen-bond donors (Lipinski definition) is 0. The van der Waals surface area contributed by atoms with Gasteiger partial charge in [0.05, 0.1) is 5.39 Å². The smallest absolute Gasteiger partial charge is 0.355 e. The largest absolute Gasteiger partial charge is 0.422 e. The Balaban J connectivity index is 2.29. The zero-order valence-electron chi connectivity index (χ0n) is 14.3. The fourth-order valence-electron chi connectivity index (χ4n) is 3.31. The molecule has 0 N–H and O–H groups in total. The van der Waals surface area contributed by atoms with Crippen molar-refractivity contribution < 1.29 is 8.83 Å². The molecule has 0 atom stereocenters. The average Bonchev–Trinajstić information content (AvgIpc) is 2.65. The lowest BCUT2D eigenvalue weighted by molar-refractivity contribution is 0.548. The van der Waals surface area contributed by atoms with Gasteiger partial charge >= 0.3 is 11.3 Å². The molecule has 0 aliphatic rings. The lowest BCUT2D eigenvalue weighted by atomic mass is 9.96. The van der Waals surface area contributed by atoms with Gasteiger partial charge in [-0.25, -0.2) is 9.59 Å². The number of hydrogen-bond acceptors (Lipinski definition) is 4. The molecule has 0 saturated heterocycles. The van der Waals surface area contributed by atoms with Crippen LogP contribution in [-0.4, -0.2) is 0 Å². The highest BCUT2D eigenvalue weighted by atomic mass is 35.5. The number of halogens is 1. The van der Waals surface area contributed by atoms with Crippen molar-refractivity contribution in [3.8, 4) is 11.1 Å². The van der Waals surface area contributed by atoms with E-state index >= 15 is 0 Å². The molecule has 2 aromatic heterocycles. The van der Waals surface area contributed by atoms with Gasteiger partial charge in [0.25, 0.3) is 0 Å². The van der Waals surface area contributed by atoms with E-state index in [0.29, 0.717) is 28.5 Å². The highest BCUT2D eigenvalue weighted by Gasteiger charge is 2.19. The third-order valence-corrected chi connectivity index (χ3v) is 5.05. The fourth-order valence-corrected chi connectivity index (χ4v) is 3.45. The molecule has 0 aliphatic carbocycles. The topological polar surface area (TPSA) is 60.4 Å². The van der Waals surface area contributed by atoms with Gasteiger partial charge in [0.1, 0.15) is 16.2 Å². The van der Waals surface area contributed by atoms with Gasteiger partial charge in [-0.15, -0.1) is 0 Å². The molecule has 0 amide bonds. The molecule has 5 heteroatoms. The summed E-state index contributed by atoms with van der Waals surface area (Å²) in [7, 11) is 0. The molecule has 0 saturated carbocycles. The van der Waals surface area contributed by atoms with Gasteiger partial charge in [-0.1, -0.05) is 48.9 Å². The van der Waals surface area contributed by atoms with Crippen LogP contribution in [0.2, 0.25) is 5.02 Å². The predicted octanol–water partition coefficient (Wildman–Crippen LogP) is 5.09. The molecule has 0 aliphatic heterocycles. The maximum Gasteiger partial charge on any atom is 0.355 e. The normalized spacial score (nSPS) is 11.3. The van der Waals surface area contributed by atoms with E-state index in [-0.39, 0.29) is 5.02 Å². The van der Waals surface area contributed by atoms with Crippen LogP contribution in [0.1, 0.15) is 18.1 Å². The summed E-state index contributed by atoms with van der Waals surface area (Å²) in [6.07, 6.45) is 0.657. The van der Waals surface area contributed by atoms with Crippen LogP contribution >= 0.6 is 11.6 Å². The molecule has 2 heterocycles. The van der Waals surface area contributed by atoms with Crippen molar-refractivity contribution in [1.82, 2.24) is 0 Å². The van der Waals surface area contributed by atoms with Crippen molar-refractivity contribution in [2.24, 2.45) is 0 Å². The first kappa shape index (κ1) is 16.6. The molecular formula is C21H15ClO4. The third kappa shape index (κ3) is 2.45. The molecule has 26 heavy (non-hydrogen) atoms. The summed E-state index contributed by atoms with van der Waals surface area (Å²) in [5.41, 5.74) is 2.83. The van der Waals surface area contributed by atoms with E-state index in [1.54, 1.807) is 6.92 Å². The van der Waals surface area contributed by atoms with Crippen LogP contribution in [0.4, 0.5) is 0 Å². The summed E-state index contributed by atoms with van der Waals surface area (Å²) in [6, 6.07) is 13.0. The van der Waals surface area contributed by atoms with Crippen molar-refractivity contribution in [2.45, 2.75) is 20.3 Å². The van der Waals surface area contributed by atoms with Crippen molar-refractivity contribution in [3.63, 3.8) is 0 Å². The molecule has 4 aromatic rings. The number of rotatable bonds is 2. The molecule has 130 valence electrons. The summed E-state index contributed by atoms with van der Waals surface area (Å²) >= 11 is 6.12. The van der Waals surface area contributed by atoms with Gasteiger partial charge in [-0.05, 0) is 41.7 Å². The van der Waals surface area contributed by atoms with Crippen molar-refractivity contribution >= 4 is 33.5 Å². The molecule has 0 unspecified atom stereocenters. The first-order valence-corrected chi connectivity index (χ1v) is 8.67. The third-order valence-electron chi connectivity index (χ3n) is 4.61. The van der Waals surface area contributed by atoms with Gasteiger partial charge < -0.3 is 8.83 Å². The van der Waals surface area contributed by atoms with Crippen molar-refractivity contribution in [3.05, 3.63) is 79.5 Å². The van der Waals surface area contributed by atoms with Gasteiger partial charge in [0.2, 0.25) is 0 Å². The van der Waals surface area contributed by atoms with Crippen LogP contribution in [0.5, 0.6) is 0 Å². The van der Waals surface area contributed by atoms with E-state index in [2.05, 4.69) is 0 Å². The van der Waals surface area contributed by atoms with E-state index < -0.39 is 11.3 Å². The minimum Gasteiger partial charge on any atom is -0.422 e. The van der Waals surface area contributed by atoms with Crippen LogP contribution in [0, 0.1) is 6.92 Å². The molecule has 0 spiro atoms. The summed E-state index contributed by atoms with van der Waals surface area (Å²) in [6.45, 7) is 3.71. The van der Waals surface area contributed by atoms with Crippen LogP contribution in [0.25, 0.3) is 33.1 Å². The zero-order chi connectivity index (χ0) is 18.4. The van der Waals surface area contributed by atoms with Crippen LogP contribution < -0.4 is 11.3 Å². The monoisotopic (exact) mass is 366 g/mol. The second-order valence-electron chi connectivity index (χ2n) is 6.14. The minimum atomic E-state index is -0.590. The molecule has 0 radical (unpaired) electrons. The van der Waals surface area contributed by atoms with E-state index in [0.717, 1.165) is 22.1 Å². The average molecular weight is 367 g/mol. The maximum absolute atomic E-state index is 12.2. The lowest BCUT2D eigenvalue weighted by Gasteiger charge is -2.12. The number of benzene rings is 2. The summed E-state index contributed by atoms with van der Waals surface area (Å²) in [5.74, 6) is 0. The lowest BCUT2D eigenvalue weighted by Crippen LogP contribution is -2.05. The molecule has 4 rings (SSSR count). The molecule has 2 aromatic carbocycles. The quantitative estimate of drug-likeness (QED) is 0.366. The Kier molecular flexibility index (Phi) is 3.93. The Morgan fingerprint density at radius 1 is 1.00 bits per heavy atom. The van der Waals surface area contributed by atoms with E-state index in [9.17, 15) is 9.59 Å². The SMILES string of the molecule is CCc1cc2c(-c3ccccc3)cc(=O)oc2c2c(C)c(Cl)c(=O)oc12. The Labute approximate surface area is 153 Å². The molecule has 0 fully saturated rings. The van der Waals surface area contributed by atoms with Crippen molar-refractivity contribution in [2.75, 3.05) is 0 Å². The van der Waals surface area contributed by atoms with Crippen LogP contribution in [0.3, 0.4) is 0 Å². The molecular weight excluding hydrogens is 352 g/mol. The number of fused-ring (bicyclic) bond motifs is 3. The molecule has 0 bridgehead atoms. The van der Waals surface area contributed by atoms with Gasteiger partial charge in [-0.3, -0.25) is 0 Å². The van der Waals surface area contributed by atoms with E-state index in [1.165, 1.54) is 6.07 Å². The van der Waals surface area contributed by atoms with E-state index in [4.69, 9.17) is 20.4 Å². The first-order chi connectivity index (χ1) is 12.5. The second-order valence-corrected chi connectivity index (χ2v) is 6.52. The van der Waals surface area contributed by atoms with Gasteiger partial charge in [-0.2, -0.15) is 0 Å². The Bertz CT molecular complexity index is 1270. The summed E-state index contributed by atoms with van der Waals surface area (Å²) in [4.78, 5) is 24.3. The van der Waals surface area contributed by atoms with Gasteiger partial charge in [0.15, 0.2) is 0 Å². The van der Waals surface area contributed by atoms with Crippen LogP contribution in [0.15, 0.2) is 60.9 Å². The summed E-state index contributed by atoms with van der Waals surface area (Å²) in [5, 5.41) is 1.35. The minimum absolute atomic E-state index is 0.000170. The van der Waals surface area contributed by atoms with Crippen LogP contribution in [-0.2, 0) is 6.42 Å². The Morgan fingerprint density at radius 3 is 2.42 bits per heavy atom. The molecule has 4 nitrogen and oxygen atoms in total. The predicted molar refractivity (Wildman–Crippen MR) is 103 cm³/mol. The highest BCUT2D eigenvalue weighted by molar-refractivity contribution is 6.32. The standard InChI is InChI=1S/C21H15ClO4/c1-3-12-9-15-14(13-7-5-4-6-8-13)10-16(23)25-20(15)17-11(2)18(22)21(24)26-19(12)17/h4-10H,3H2,1-2H3. The highest BCUT2D eigenvalue weighted by Crippen LogP contribution is 2.36. The Morgan fingerprint density at radius 2 is 1.73 bits per heavy atom. The fraction of sp³-hybridized carbons (Fsp3) is 0.143. The zero-order valence-corrected chi connectivity index (χ0v) is 15.0. The van der Waals surface area contributed by atoms with E-state index in [1.807, 2.05) is 43.3 Å². The van der Waals surface area contributed by atoms with Gasteiger partial charge in [0, 0.05) is 11.5 Å². The maximum atomic E-state index is 12.2. The second kappa shape index (κ2) is 6.15.